The number of nitrogens with two attached hydrogens (primary N) is 2. The molecule has 0 bridgehead atoms. The van der Waals surface area contributed by atoms with Crippen molar-refractivity contribution in [3.8, 4) is 0 Å². The molecular formula is C4H6N6O6. The first-order chi connectivity index (χ1) is 7.41. The van der Waals surface area contributed by atoms with Gasteiger partial charge in [-0.25, -0.2) is 19.2 Å². The summed E-state index contributed by atoms with van der Waals surface area (Å²) in [6.07, 6.45) is -5.34. The molecule has 12 nitrogen and oxygen atoms in total. The fourth-order valence-electron chi connectivity index (χ4n) is 0.360. The highest BCUT2D eigenvalue weighted by molar-refractivity contribution is 5.82. The van der Waals surface area contributed by atoms with Crippen molar-refractivity contribution in [3.05, 3.63) is 0 Å². The molecule has 0 spiro atoms. The molecule has 0 saturated heterocycles. The maximum absolute atomic E-state index is 10.5. The molecule has 0 aliphatic rings. The van der Waals surface area contributed by atoms with Crippen LogP contribution in [0, 0.1) is 0 Å². The van der Waals surface area contributed by atoms with E-state index in [0.29, 0.717) is 0 Å². The number of rotatable bonds is 2. The molecule has 0 rings (SSSR count). The van der Waals surface area contributed by atoms with Crippen molar-refractivity contribution in [2.45, 2.75) is 0 Å². The summed E-state index contributed by atoms with van der Waals surface area (Å²) in [6.45, 7) is 0. The van der Waals surface area contributed by atoms with E-state index in [1.54, 1.807) is 0 Å². The molecular weight excluding hydrogens is 228 g/mol. The second-order valence-corrected chi connectivity index (χ2v) is 1.84. The Balaban J connectivity index is 3.77. The van der Waals surface area contributed by atoms with E-state index in [2.05, 4.69) is 31.4 Å². The predicted octanol–water partition coefficient (Wildman–Crippen LogP) is -1.12. The number of carbonyl (C=O) groups is 4. The van der Waals surface area contributed by atoms with E-state index in [1.165, 1.54) is 10.9 Å². The Labute approximate surface area is 86.9 Å². The lowest BCUT2D eigenvalue weighted by Gasteiger charge is -1.97. The first-order valence-corrected chi connectivity index (χ1v) is 3.36. The smallest absolute Gasteiger partial charge is 0.358 e. The van der Waals surface area contributed by atoms with Crippen molar-refractivity contribution in [1.29, 1.82) is 0 Å². The van der Waals surface area contributed by atoms with E-state index in [0.717, 1.165) is 0 Å². The van der Waals surface area contributed by atoms with Crippen LogP contribution in [0.15, 0.2) is 10.4 Å². The summed E-state index contributed by atoms with van der Waals surface area (Å²) >= 11 is 0. The maximum Gasteiger partial charge on any atom is 0.438 e. The van der Waals surface area contributed by atoms with Crippen LogP contribution >= 0.6 is 0 Å². The van der Waals surface area contributed by atoms with Gasteiger partial charge in [0.1, 0.15) is 0 Å². The highest BCUT2D eigenvalue weighted by Crippen LogP contribution is 1.79. The van der Waals surface area contributed by atoms with E-state index in [1.807, 2.05) is 0 Å². The Hall–Kier alpha value is -2.92. The molecule has 0 aliphatic carbocycles. The summed E-state index contributed by atoms with van der Waals surface area (Å²) < 4.78 is 7.48. The highest BCUT2D eigenvalue weighted by atomic mass is 16.6. The number of carbonyl (C=O) groups excluding carboxylic acids is 4. The van der Waals surface area contributed by atoms with Crippen LogP contribution in [-0.4, -0.2) is 24.4 Å². The number of amides is 4. The van der Waals surface area contributed by atoms with Gasteiger partial charge in [0.05, 0.1) is 0 Å². The second kappa shape index (κ2) is 6.52. The van der Waals surface area contributed by atoms with Crippen LogP contribution in [0.5, 0.6) is 0 Å². The summed E-state index contributed by atoms with van der Waals surface area (Å²) in [7, 11) is 0. The number of nitrogens with zero attached hydrogens (tertiary/aromatic N) is 2. The maximum atomic E-state index is 10.5. The predicted molar refractivity (Wildman–Crippen MR) is 43.3 cm³/mol. The van der Waals surface area contributed by atoms with Gasteiger partial charge in [0, 0.05) is 0 Å². The minimum atomic E-state index is -1.35. The first-order valence-electron chi connectivity index (χ1n) is 3.36. The number of nitrogens with one attached hydrogen (secondary N) is 2. The number of hydrogen-bond donors (Lipinski definition) is 4. The van der Waals surface area contributed by atoms with Gasteiger partial charge in [0.25, 0.3) is 0 Å². The molecule has 0 heterocycles. The third kappa shape index (κ3) is 7.71. The van der Waals surface area contributed by atoms with E-state index in [-0.39, 0.29) is 0 Å². The average Bonchev–Trinajstić information content (AvgIpc) is 2.10. The van der Waals surface area contributed by atoms with E-state index >= 15 is 0 Å². The van der Waals surface area contributed by atoms with Gasteiger partial charge < -0.3 is 20.9 Å². The van der Waals surface area contributed by atoms with E-state index in [4.69, 9.17) is 0 Å². The molecule has 0 unspecified atom stereocenters. The fourth-order valence-corrected chi connectivity index (χ4v) is 0.360. The average molecular weight is 234 g/mol. The Kier molecular flexibility index (Phi) is 5.33. The summed E-state index contributed by atoms with van der Waals surface area (Å²) in [5, 5.41) is 5.60. The van der Waals surface area contributed by atoms with Crippen LogP contribution in [-0.2, 0) is 9.47 Å². The topological polar surface area (TPSA) is 188 Å². The molecule has 0 saturated carbocycles. The van der Waals surface area contributed by atoms with E-state index in [9.17, 15) is 19.2 Å². The summed E-state index contributed by atoms with van der Waals surface area (Å²) in [5.74, 6) is 0. The minimum absolute atomic E-state index is 1.32. The molecule has 0 aliphatic heterocycles. The molecule has 0 aromatic carbocycles. The SMILES string of the molecule is NC(=O)OC(=O)N/N=N/NC(=O)OC(N)=O. The zero-order valence-electron chi connectivity index (χ0n) is 7.50. The second-order valence-electron chi connectivity index (χ2n) is 1.84. The standard InChI is InChI=1S/C4H6N6O6/c5-1(11)15-3(13)7-9-10-8-4(14)16-2(6)12/h(H2,5,11)(H2,6,12)(H,7,10,13)(H,8,9,14). The van der Waals surface area contributed by atoms with Gasteiger partial charge in [-0.2, -0.15) is 10.9 Å². The highest BCUT2D eigenvalue weighted by Gasteiger charge is 2.05. The number of hydrogen-bond acceptors (Lipinski definition) is 8. The van der Waals surface area contributed by atoms with Crippen molar-refractivity contribution in [3.63, 3.8) is 0 Å². The van der Waals surface area contributed by atoms with Crippen LogP contribution < -0.4 is 22.3 Å². The zero-order valence-corrected chi connectivity index (χ0v) is 7.50. The van der Waals surface area contributed by atoms with Crippen LogP contribution in [0.1, 0.15) is 0 Å². The molecule has 0 radical (unpaired) electrons. The Bertz CT molecular complexity index is 306. The lowest BCUT2D eigenvalue weighted by Crippen LogP contribution is -2.28. The largest absolute Gasteiger partial charge is 0.438 e. The summed E-state index contributed by atoms with van der Waals surface area (Å²) in [4.78, 5) is 40.9. The first kappa shape index (κ1) is 13.1. The number of ether oxygens (including phenoxy) is 2. The quantitative estimate of drug-likeness (QED) is 0.265. The van der Waals surface area contributed by atoms with Crippen molar-refractivity contribution in [2.24, 2.45) is 21.9 Å². The molecule has 16 heavy (non-hydrogen) atoms. The van der Waals surface area contributed by atoms with Gasteiger partial charge in [-0.1, -0.05) is 0 Å². The van der Waals surface area contributed by atoms with Crippen molar-refractivity contribution in [1.82, 2.24) is 10.9 Å². The molecule has 0 aromatic rings. The molecule has 6 N–H and O–H groups in total. The Morgan fingerprint density at radius 2 is 1.12 bits per heavy atom. The van der Waals surface area contributed by atoms with Gasteiger partial charge in [-0.05, 0) is 10.4 Å². The third-order valence-electron chi connectivity index (χ3n) is 0.719. The number of primary amides is 2. The monoisotopic (exact) mass is 234 g/mol. The molecule has 0 fully saturated rings. The zero-order chi connectivity index (χ0) is 12.6. The fraction of sp³-hybridized carbons (Fsp3) is 0. The Morgan fingerprint density at radius 1 is 0.812 bits per heavy atom. The van der Waals surface area contributed by atoms with Gasteiger partial charge in [-0.15, -0.1) is 0 Å². The van der Waals surface area contributed by atoms with Crippen molar-refractivity contribution < 1.29 is 28.7 Å². The van der Waals surface area contributed by atoms with Crippen molar-refractivity contribution in [2.75, 3.05) is 0 Å². The summed E-state index contributed by atoms with van der Waals surface area (Å²) in [5.41, 5.74) is 12.0. The molecule has 4 amide bonds. The van der Waals surface area contributed by atoms with Gasteiger partial charge >= 0.3 is 24.4 Å². The lowest BCUT2D eigenvalue weighted by atomic mass is 11.1. The normalized spacial score (nSPS) is 9.25. The lowest BCUT2D eigenvalue weighted by molar-refractivity contribution is 0.152. The summed E-state index contributed by atoms with van der Waals surface area (Å²) in [6, 6.07) is 0. The molecule has 0 atom stereocenters. The molecule has 12 heteroatoms. The minimum Gasteiger partial charge on any atom is -0.358 e. The Morgan fingerprint density at radius 3 is 1.38 bits per heavy atom. The third-order valence-corrected chi connectivity index (χ3v) is 0.719. The molecule has 0 aromatic heterocycles. The van der Waals surface area contributed by atoms with Gasteiger partial charge in [0.15, 0.2) is 0 Å². The van der Waals surface area contributed by atoms with Crippen molar-refractivity contribution >= 4 is 24.4 Å². The van der Waals surface area contributed by atoms with Gasteiger partial charge in [0.2, 0.25) is 0 Å². The molecule has 88 valence electrons. The van der Waals surface area contributed by atoms with E-state index < -0.39 is 24.4 Å². The van der Waals surface area contributed by atoms with Gasteiger partial charge in [-0.3, -0.25) is 0 Å². The van der Waals surface area contributed by atoms with Crippen LogP contribution in [0.25, 0.3) is 0 Å². The van der Waals surface area contributed by atoms with Crippen LogP contribution in [0.2, 0.25) is 0 Å². The van der Waals surface area contributed by atoms with Crippen LogP contribution in [0.3, 0.4) is 0 Å². The van der Waals surface area contributed by atoms with Crippen LogP contribution in [0.4, 0.5) is 19.2 Å².